The van der Waals surface area contributed by atoms with Crippen LogP contribution in [0, 0.1) is 0 Å². The summed E-state index contributed by atoms with van der Waals surface area (Å²) in [5.74, 6) is -6.53. The molecule has 26 heteroatoms. The van der Waals surface area contributed by atoms with Crippen LogP contribution in [0.1, 0.15) is 26.7 Å². The Balaban J connectivity index is 1.98. The first-order valence-electron chi connectivity index (χ1n) is 16.6. The molecule has 3 fully saturated rings. The van der Waals surface area contributed by atoms with Crippen LogP contribution in [0.25, 0.3) is 20.9 Å². The Morgan fingerprint density at radius 3 is 2.02 bits per heavy atom. The lowest BCUT2D eigenvalue weighted by Crippen LogP contribution is -2.71. The number of ether oxygens (including phenoxy) is 6. The van der Waals surface area contributed by atoms with Crippen LogP contribution in [0.2, 0.25) is 0 Å². The van der Waals surface area contributed by atoms with Crippen LogP contribution in [0.5, 0.6) is 0 Å². The molecule has 16 atom stereocenters. The lowest BCUT2D eigenvalue weighted by molar-refractivity contribution is -0.381. The summed E-state index contributed by atoms with van der Waals surface area (Å²) in [6.45, 7) is -0.521. The summed E-state index contributed by atoms with van der Waals surface area (Å²) in [7, 11) is 0. The van der Waals surface area contributed by atoms with Crippen LogP contribution in [0.3, 0.4) is 0 Å². The molecule has 3 aliphatic heterocycles. The summed E-state index contributed by atoms with van der Waals surface area (Å²) in [6.07, 6.45) is -25.3. The Morgan fingerprint density at radius 1 is 0.889 bits per heavy atom. The minimum absolute atomic E-state index is 0.0247. The second-order valence-electron chi connectivity index (χ2n) is 12.6. The van der Waals surface area contributed by atoms with Gasteiger partial charge in [-0.15, -0.1) is 0 Å². The van der Waals surface area contributed by atoms with E-state index in [1.807, 2.05) is 0 Å². The molecular formula is C28H46N8O18. The molecule has 0 aliphatic carbocycles. The molecular weight excluding hydrogens is 736 g/mol. The van der Waals surface area contributed by atoms with Crippen LogP contribution in [0.4, 0.5) is 0 Å². The van der Waals surface area contributed by atoms with Crippen molar-refractivity contribution >= 4 is 17.8 Å². The highest BCUT2D eigenvalue weighted by Gasteiger charge is 2.60. The normalized spacial score (nSPS) is 37.9. The molecule has 0 saturated carbocycles. The number of hydrogen-bond acceptors (Lipinski definition) is 19. The van der Waals surface area contributed by atoms with Gasteiger partial charge in [0.25, 0.3) is 5.79 Å². The SMILES string of the molecule is CC(=O)N[C@H]1[C@@H](OCCCN=[N+]=[N-])O[C@H](CO)[C@@H](O)[C@@H]1O[C@@H]1O[C@H](CO)[C@H](O)[C@H](O[C@]2(C(=O)O)C[C@H](O)[C@@H](NC(C)=O)[C@H]([C@H](O)[C@H](O)CN=[N+]=[N-])O2)[C@H]1O. The van der Waals surface area contributed by atoms with Gasteiger partial charge in [-0.2, -0.15) is 0 Å². The van der Waals surface area contributed by atoms with Crippen LogP contribution >= 0.6 is 0 Å². The van der Waals surface area contributed by atoms with Gasteiger partial charge >= 0.3 is 5.97 Å². The van der Waals surface area contributed by atoms with Gasteiger partial charge in [-0.05, 0) is 17.5 Å². The maximum absolute atomic E-state index is 12.9. The third kappa shape index (κ3) is 10.8. The van der Waals surface area contributed by atoms with Gasteiger partial charge in [0.2, 0.25) is 11.8 Å². The van der Waals surface area contributed by atoms with E-state index < -0.39 is 142 Å². The Morgan fingerprint density at radius 2 is 1.46 bits per heavy atom. The summed E-state index contributed by atoms with van der Waals surface area (Å²) in [5.41, 5.74) is 17.1. The standard InChI is InChI=1S/C28H46N8O18/c1-10(39)33-16-12(41)6-28(27(47)48,53-23(16)18(43)13(42)7-32-36-30)54-24-20(45)15(9-38)51-26(21(24)46)52-22-17(34-11(2)40)25(49-5-3-4-31-35-29)50-14(8-37)19(22)44/h12-26,37-38,41-46H,3-9H2,1-2H3,(H,33,39)(H,34,40)(H,47,48)/t12-,13+,14+,15+,16+,17+,18+,19+,20-,21+,22+,23+,24-,25-,26-,28-/m0/s1. The summed E-state index contributed by atoms with van der Waals surface area (Å²) >= 11 is 0. The number of carboxylic acid groups (broad SMARTS) is 1. The number of hydrogen-bond donors (Lipinski definition) is 11. The molecule has 3 aliphatic rings. The molecule has 0 radical (unpaired) electrons. The zero-order valence-electron chi connectivity index (χ0n) is 29.0. The number of nitrogens with one attached hydrogen (secondary N) is 2. The molecule has 3 heterocycles. The van der Waals surface area contributed by atoms with Crippen molar-refractivity contribution < 1.29 is 88.8 Å². The molecule has 2 amide bonds. The Labute approximate surface area is 305 Å². The van der Waals surface area contributed by atoms with Gasteiger partial charge in [0.05, 0.1) is 38.0 Å². The van der Waals surface area contributed by atoms with E-state index in [-0.39, 0.29) is 19.6 Å². The van der Waals surface area contributed by atoms with Crippen molar-refractivity contribution in [3.8, 4) is 0 Å². The van der Waals surface area contributed by atoms with E-state index in [1.165, 1.54) is 0 Å². The van der Waals surface area contributed by atoms with Crippen molar-refractivity contribution in [3.63, 3.8) is 0 Å². The number of carboxylic acids is 1. The topological polar surface area (TPSA) is 410 Å². The Hall–Kier alpha value is -3.53. The Bertz CT molecular complexity index is 1370. The molecule has 0 bridgehead atoms. The molecule has 0 aromatic rings. The maximum Gasteiger partial charge on any atom is 0.364 e. The van der Waals surface area contributed by atoms with Crippen LogP contribution in [0.15, 0.2) is 10.2 Å². The fraction of sp³-hybridized carbons (Fsp3) is 0.893. The van der Waals surface area contributed by atoms with E-state index in [1.54, 1.807) is 0 Å². The van der Waals surface area contributed by atoms with Crippen molar-refractivity contribution in [2.24, 2.45) is 10.2 Å². The van der Waals surface area contributed by atoms with E-state index in [9.17, 15) is 60.3 Å². The predicted octanol–water partition coefficient (Wildman–Crippen LogP) is -5.04. The number of aliphatic hydroxyl groups is 8. The van der Waals surface area contributed by atoms with E-state index in [0.717, 1.165) is 13.8 Å². The highest BCUT2D eigenvalue weighted by atomic mass is 16.8. The van der Waals surface area contributed by atoms with Crippen LogP contribution in [-0.4, -0.2) is 194 Å². The lowest BCUT2D eigenvalue weighted by atomic mass is 9.88. The fourth-order valence-corrected chi connectivity index (χ4v) is 6.19. The number of nitrogens with zero attached hydrogens (tertiary/aromatic N) is 6. The zero-order valence-corrected chi connectivity index (χ0v) is 29.0. The molecule has 26 nitrogen and oxygen atoms in total. The smallest absolute Gasteiger partial charge is 0.364 e. The van der Waals surface area contributed by atoms with Gasteiger partial charge in [0.1, 0.15) is 61.0 Å². The van der Waals surface area contributed by atoms with E-state index >= 15 is 0 Å². The number of rotatable bonds is 18. The van der Waals surface area contributed by atoms with Crippen molar-refractivity contribution in [1.82, 2.24) is 10.6 Å². The van der Waals surface area contributed by atoms with E-state index in [2.05, 4.69) is 30.7 Å². The molecule has 54 heavy (non-hydrogen) atoms. The van der Waals surface area contributed by atoms with Crippen LogP contribution in [-0.2, 0) is 42.8 Å². The zero-order chi connectivity index (χ0) is 40.3. The minimum Gasteiger partial charge on any atom is -0.477 e. The lowest BCUT2D eigenvalue weighted by Gasteiger charge is -2.51. The van der Waals surface area contributed by atoms with Crippen LogP contribution < -0.4 is 10.6 Å². The summed E-state index contributed by atoms with van der Waals surface area (Å²) < 4.78 is 34.1. The summed E-state index contributed by atoms with van der Waals surface area (Å²) in [4.78, 5) is 42.1. The van der Waals surface area contributed by atoms with Gasteiger partial charge in [-0.25, -0.2) is 4.79 Å². The monoisotopic (exact) mass is 782 g/mol. The van der Waals surface area contributed by atoms with Gasteiger partial charge in [0.15, 0.2) is 12.6 Å². The number of carbonyl (C=O) groups is 3. The second kappa shape index (κ2) is 20.4. The van der Waals surface area contributed by atoms with Gasteiger partial charge in [0, 0.05) is 43.2 Å². The molecule has 306 valence electrons. The highest BCUT2D eigenvalue weighted by molar-refractivity contribution is 5.76. The first kappa shape index (κ1) is 44.9. The maximum atomic E-state index is 12.9. The quantitative estimate of drug-likeness (QED) is 0.0268. The molecule has 0 aromatic carbocycles. The average molecular weight is 783 g/mol. The third-order valence-corrected chi connectivity index (χ3v) is 8.74. The van der Waals surface area contributed by atoms with E-state index in [4.69, 9.17) is 39.5 Å². The first-order valence-corrected chi connectivity index (χ1v) is 16.6. The van der Waals surface area contributed by atoms with Crippen molar-refractivity contribution in [2.75, 3.05) is 32.9 Å². The minimum atomic E-state index is -3.08. The molecule has 3 saturated heterocycles. The third-order valence-electron chi connectivity index (χ3n) is 8.74. The van der Waals surface area contributed by atoms with Crippen molar-refractivity contribution in [3.05, 3.63) is 20.9 Å². The number of carbonyl (C=O) groups excluding carboxylic acids is 2. The molecule has 11 N–H and O–H groups in total. The molecule has 3 rings (SSSR count). The average Bonchev–Trinajstić information content (AvgIpc) is 3.12. The summed E-state index contributed by atoms with van der Waals surface area (Å²) in [6, 6.07) is -2.99. The molecule has 0 spiro atoms. The number of aliphatic hydroxyl groups excluding tert-OH is 8. The number of azide groups is 2. The van der Waals surface area contributed by atoms with Gasteiger partial charge in [-0.3, -0.25) is 9.59 Å². The second-order valence-corrected chi connectivity index (χ2v) is 12.6. The van der Waals surface area contributed by atoms with E-state index in [0.29, 0.717) is 0 Å². The van der Waals surface area contributed by atoms with Crippen molar-refractivity contribution in [1.29, 1.82) is 0 Å². The molecule has 0 unspecified atom stereocenters. The number of aliphatic carboxylic acids is 1. The number of amides is 2. The summed E-state index contributed by atoms with van der Waals surface area (Å²) in [5, 5.41) is 108. The highest BCUT2D eigenvalue weighted by Crippen LogP contribution is 2.38. The fourth-order valence-electron chi connectivity index (χ4n) is 6.19. The van der Waals surface area contributed by atoms with Gasteiger partial charge < -0.3 is 85.0 Å². The largest absolute Gasteiger partial charge is 0.477 e. The molecule has 0 aromatic heterocycles. The first-order chi connectivity index (χ1) is 25.5. The van der Waals surface area contributed by atoms with Crippen molar-refractivity contribution in [2.45, 2.75) is 124 Å². The predicted molar refractivity (Wildman–Crippen MR) is 171 cm³/mol. The van der Waals surface area contributed by atoms with Gasteiger partial charge in [-0.1, -0.05) is 10.2 Å². The Kier molecular flexibility index (Phi) is 17.0.